The van der Waals surface area contributed by atoms with E-state index in [9.17, 15) is 4.79 Å². The predicted molar refractivity (Wildman–Crippen MR) is 103 cm³/mol. The summed E-state index contributed by atoms with van der Waals surface area (Å²) >= 11 is 1.31. The molecule has 0 amide bonds. The summed E-state index contributed by atoms with van der Waals surface area (Å²) in [6, 6.07) is 9.97. The molecule has 2 N–H and O–H groups in total. The Bertz CT molecular complexity index is 840. The number of anilines is 2. The van der Waals surface area contributed by atoms with Crippen molar-refractivity contribution in [2.24, 2.45) is 0 Å². The Morgan fingerprint density at radius 2 is 2.04 bits per heavy atom. The van der Waals surface area contributed by atoms with Gasteiger partial charge in [0, 0.05) is 41.7 Å². The Morgan fingerprint density at radius 3 is 2.72 bits per heavy atom. The number of carbonyl (C=O) groups is 1. The van der Waals surface area contributed by atoms with Gasteiger partial charge in [0.05, 0.1) is 5.75 Å². The first-order chi connectivity index (χ1) is 11.8. The first kappa shape index (κ1) is 17.5. The van der Waals surface area contributed by atoms with E-state index in [-0.39, 0.29) is 17.0 Å². The van der Waals surface area contributed by atoms with Gasteiger partial charge >= 0.3 is 0 Å². The van der Waals surface area contributed by atoms with E-state index in [0.29, 0.717) is 11.0 Å². The molecular weight excluding hydrogens is 332 g/mol. The number of hydrogen-bond donors (Lipinski definition) is 1. The van der Waals surface area contributed by atoms with Gasteiger partial charge in [0.15, 0.2) is 10.9 Å². The molecule has 0 saturated carbocycles. The van der Waals surface area contributed by atoms with Gasteiger partial charge in [-0.15, -0.1) is 0 Å². The molecule has 2 heterocycles. The second-order valence-electron chi connectivity index (χ2n) is 6.70. The summed E-state index contributed by atoms with van der Waals surface area (Å²) in [5.41, 5.74) is 9.72. The quantitative estimate of drug-likeness (QED) is 0.516. The van der Waals surface area contributed by atoms with Gasteiger partial charge in [-0.25, -0.2) is 9.97 Å². The zero-order valence-electron chi connectivity index (χ0n) is 14.9. The molecule has 5 nitrogen and oxygen atoms in total. The molecular formula is C19H22N4OS. The second kappa shape index (κ2) is 6.52. The molecule has 3 rings (SSSR count). The highest BCUT2D eigenvalue weighted by atomic mass is 32.2. The molecule has 6 heteroatoms. The van der Waals surface area contributed by atoms with Gasteiger partial charge in [-0.1, -0.05) is 43.8 Å². The van der Waals surface area contributed by atoms with Crippen LogP contribution in [-0.2, 0) is 10.2 Å². The second-order valence-corrected chi connectivity index (χ2v) is 7.64. The number of aryl methyl sites for hydroxylation is 1. The number of nitrogen functional groups attached to an aromatic ring is 1. The Morgan fingerprint density at radius 1 is 1.32 bits per heavy atom. The third-order valence-corrected chi connectivity index (χ3v) is 5.30. The molecule has 0 aliphatic carbocycles. The molecule has 1 aliphatic rings. The number of para-hydroxylation sites is 1. The molecule has 0 unspecified atom stereocenters. The minimum absolute atomic E-state index is 0.0383. The number of ketones is 1. The summed E-state index contributed by atoms with van der Waals surface area (Å²) in [5, 5.41) is 0.534. The number of aromatic nitrogens is 2. The first-order valence-corrected chi connectivity index (χ1v) is 9.10. The van der Waals surface area contributed by atoms with E-state index >= 15 is 0 Å². The number of allylic oxidation sites excluding steroid dienone is 2. The Hall–Kier alpha value is -2.34. The number of carbonyl (C=O) groups excluding carboxylic acids is 1. The molecule has 0 radical (unpaired) electrons. The van der Waals surface area contributed by atoms with E-state index in [2.05, 4.69) is 40.8 Å². The van der Waals surface area contributed by atoms with E-state index in [1.165, 1.54) is 17.3 Å². The van der Waals surface area contributed by atoms with Gasteiger partial charge in [0.1, 0.15) is 5.82 Å². The third kappa shape index (κ3) is 3.39. The van der Waals surface area contributed by atoms with Crippen LogP contribution in [0, 0.1) is 6.92 Å². The average Bonchev–Trinajstić information content (AvgIpc) is 2.74. The van der Waals surface area contributed by atoms with Crippen LogP contribution < -0.4 is 10.6 Å². The SMILES string of the molecule is Cc1cc(N)nc(SCC(=O)C=C2N(C)c3ccccc3C2(C)C)n1. The van der Waals surface area contributed by atoms with Crippen molar-refractivity contribution in [1.82, 2.24) is 9.97 Å². The Kier molecular flexibility index (Phi) is 4.56. The van der Waals surface area contributed by atoms with Crippen molar-refractivity contribution in [2.45, 2.75) is 31.3 Å². The van der Waals surface area contributed by atoms with Gasteiger partial charge in [-0.3, -0.25) is 4.79 Å². The maximum atomic E-state index is 12.5. The molecule has 1 aromatic heterocycles. The van der Waals surface area contributed by atoms with Crippen molar-refractivity contribution in [3.63, 3.8) is 0 Å². The number of benzene rings is 1. The largest absolute Gasteiger partial charge is 0.384 e. The number of thioether (sulfide) groups is 1. The smallest absolute Gasteiger partial charge is 0.190 e. The standard InChI is InChI=1S/C19H22N4OS/c1-12-9-17(20)22-18(21-12)25-11-13(24)10-16-19(2,3)14-7-5-6-8-15(14)23(16)4/h5-10H,11H2,1-4H3,(H2,20,21,22). The maximum absolute atomic E-state index is 12.5. The number of likely N-dealkylation sites (N-methyl/N-ethyl adjacent to an activating group) is 1. The zero-order chi connectivity index (χ0) is 18.2. The zero-order valence-corrected chi connectivity index (χ0v) is 15.7. The van der Waals surface area contributed by atoms with Crippen molar-refractivity contribution in [3.05, 3.63) is 53.4 Å². The minimum atomic E-state index is -0.198. The predicted octanol–water partition coefficient (Wildman–Crippen LogP) is 3.34. The van der Waals surface area contributed by atoms with Crippen molar-refractivity contribution in [1.29, 1.82) is 0 Å². The lowest BCUT2D eigenvalue weighted by molar-refractivity contribution is -0.112. The molecule has 0 bridgehead atoms. The van der Waals surface area contributed by atoms with Crippen LogP contribution >= 0.6 is 11.8 Å². The van der Waals surface area contributed by atoms with Crippen molar-refractivity contribution >= 4 is 29.1 Å². The van der Waals surface area contributed by atoms with Gasteiger partial charge in [-0.05, 0) is 18.6 Å². The van der Waals surface area contributed by atoms with Gasteiger partial charge in [0.25, 0.3) is 0 Å². The fourth-order valence-electron chi connectivity index (χ4n) is 3.22. The van der Waals surface area contributed by atoms with Gasteiger partial charge in [-0.2, -0.15) is 0 Å². The fourth-order valence-corrected chi connectivity index (χ4v) is 3.95. The highest BCUT2D eigenvalue weighted by molar-refractivity contribution is 7.99. The summed E-state index contributed by atoms with van der Waals surface area (Å²) in [6.07, 6.45) is 1.74. The van der Waals surface area contributed by atoms with Gasteiger partial charge < -0.3 is 10.6 Å². The van der Waals surface area contributed by atoms with Gasteiger partial charge in [0.2, 0.25) is 0 Å². The summed E-state index contributed by atoms with van der Waals surface area (Å²) in [6.45, 7) is 6.15. The molecule has 0 atom stereocenters. The summed E-state index contributed by atoms with van der Waals surface area (Å²) < 4.78 is 0. The number of nitrogens with zero attached hydrogens (tertiary/aromatic N) is 3. The van der Waals surface area contributed by atoms with Crippen LogP contribution in [0.2, 0.25) is 0 Å². The van der Waals surface area contributed by atoms with E-state index in [1.54, 1.807) is 12.1 Å². The molecule has 0 spiro atoms. The molecule has 130 valence electrons. The van der Waals surface area contributed by atoms with Crippen LogP contribution in [0.4, 0.5) is 11.5 Å². The summed E-state index contributed by atoms with van der Waals surface area (Å²) in [5.74, 6) is 0.747. The average molecular weight is 354 g/mol. The van der Waals surface area contributed by atoms with Crippen molar-refractivity contribution in [3.8, 4) is 0 Å². The van der Waals surface area contributed by atoms with Crippen LogP contribution in [0.5, 0.6) is 0 Å². The molecule has 1 aliphatic heterocycles. The fraction of sp³-hybridized carbons (Fsp3) is 0.316. The van der Waals surface area contributed by atoms with Crippen LogP contribution in [0.1, 0.15) is 25.1 Å². The Labute approximate surface area is 152 Å². The Balaban J connectivity index is 1.78. The minimum Gasteiger partial charge on any atom is -0.384 e. The van der Waals surface area contributed by atoms with Crippen LogP contribution in [-0.4, -0.2) is 28.6 Å². The molecule has 2 aromatic rings. The number of hydrogen-bond acceptors (Lipinski definition) is 6. The summed E-state index contributed by atoms with van der Waals surface area (Å²) in [4.78, 5) is 23.1. The number of fused-ring (bicyclic) bond motifs is 1. The molecule has 0 saturated heterocycles. The van der Waals surface area contributed by atoms with E-state index in [0.717, 1.165) is 17.1 Å². The van der Waals surface area contributed by atoms with E-state index in [4.69, 9.17) is 5.73 Å². The number of nitrogens with two attached hydrogens (primary N) is 1. The van der Waals surface area contributed by atoms with E-state index in [1.807, 2.05) is 26.1 Å². The monoisotopic (exact) mass is 354 g/mol. The highest BCUT2D eigenvalue weighted by Gasteiger charge is 2.38. The molecule has 0 fully saturated rings. The van der Waals surface area contributed by atoms with Crippen LogP contribution in [0.15, 0.2) is 47.3 Å². The normalized spacial score (nSPS) is 17.0. The maximum Gasteiger partial charge on any atom is 0.190 e. The third-order valence-electron chi connectivity index (χ3n) is 4.44. The first-order valence-electron chi connectivity index (χ1n) is 8.11. The lowest BCUT2D eigenvalue weighted by atomic mass is 9.83. The van der Waals surface area contributed by atoms with Crippen molar-refractivity contribution in [2.75, 3.05) is 23.4 Å². The lowest BCUT2D eigenvalue weighted by Gasteiger charge is -2.23. The van der Waals surface area contributed by atoms with Crippen molar-refractivity contribution < 1.29 is 4.79 Å². The highest BCUT2D eigenvalue weighted by Crippen LogP contribution is 2.46. The topological polar surface area (TPSA) is 72.1 Å². The summed E-state index contributed by atoms with van der Waals surface area (Å²) in [7, 11) is 2.00. The lowest BCUT2D eigenvalue weighted by Crippen LogP contribution is -2.24. The van der Waals surface area contributed by atoms with Crippen LogP contribution in [0.3, 0.4) is 0 Å². The number of rotatable bonds is 4. The molecule has 25 heavy (non-hydrogen) atoms. The van der Waals surface area contributed by atoms with Crippen LogP contribution in [0.25, 0.3) is 0 Å². The van der Waals surface area contributed by atoms with E-state index < -0.39 is 0 Å². The molecule has 1 aromatic carbocycles.